The number of aromatic nitrogens is 3. The van der Waals surface area contributed by atoms with E-state index in [9.17, 15) is 9.18 Å². The number of ether oxygens (including phenoxy) is 1. The molecule has 1 fully saturated rings. The predicted octanol–water partition coefficient (Wildman–Crippen LogP) is 3.73. The van der Waals surface area contributed by atoms with Crippen LogP contribution in [0.1, 0.15) is 46.4 Å². The average molecular weight is 389 g/mol. The highest BCUT2D eigenvalue weighted by atomic mass is 35.5. The average Bonchev–Trinajstić information content (AvgIpc) is 3.38. The molecule has 0 aliphatic carbocycles. The molecule has 1 aromatic carbocycles. The topological polar surface area (TPSA) is 74.0 Å². The molecule has 8 heteroatoms. The Kier molecular flexibility index (Phi) is 3.94. The number of carbonyl (C=O) groups is 1. The first-order chi connectivity index (χ1) is 13.1. The van der Waals surface area contributed by atoms with Crippen LogP contribution in [0.3, 0.4) is 0 Å². The van der Waals surface area contributed by atoms with Gasteiger partial charge >= 0.3 is 0 Å². The van der Waals surface area contributed by atoms with Crippen molar-refractivity contribution in [3.05, 3.63) is 51.7 Å². The van der Waals surface area contributed by atoms with Crippen LogP contribution in [0.5, 0.6) is 0 Å². The fourth-order valence-corrected chi connectivity index (χ4v) is 4.26. The molecule has 1 atom stereocenters. The summed E-state index contributed by atoms with van der Waals surface area (Å²) >= 11 is 6.10. The number of fused-ring (bicyclic) bond motifs is 2. The van der Waals surface area contributed by atoms with E-state index >= 15 is 0 Å². The van der Waals surface area contributed by atoms with Gasteiger partial charge in [-0.3, -0.25) is 9.89 Å². The van der Waals surface area contributed by atoms with Gasteiger partial charge in [0.15, 0.2) is 0 Å². The lowest BCUT2D eigenvalue weighted by atomic mass is 10.0. The van der Waals surface area contributed by atoms with E-state index in [-0.39, 0.29) is 17.0 Å². The number of rotatable bonds is 2. The van der Waals surface area contributed by atoms with Crippen molar-refractivity contribution in [2.75, 3.05) is 13.2 Å². The molecule has 5 rings (SSSR count). The Morgan fingerprint density at radius 1 is 1.37 bits per heavy atom. The number of amides is 1. The Labute approximate surface area is 159 Å². The van der Waals surface area contributed by atoms with E-state index in [2.05, 4.69) is 15.2 Å². The van der Waals surface area contributed by atoms with E-state index in [4.69, 9.17) is 16.3 Å². The molecule has 0 spiro atoms. The molecule has 1 unspecified atom stereocenters. The number of nitrogens with zero attached hydrogens (tertiary/aromatic N) is 2. The monoisotopic (exact) mass is 388 g/mol. The van der Waals surface area contributed by atoms with Gasteiger partial charge in [0.05, 0.1) is 16.2 Å². The standard InChI is InChI=1S/C19H18ClFN4O2/c20-13-6-10(21)7-15-11(13)8-16(22-15)19(26)25-4-3-14-12(9-25)18(24-23-14)17-2-1-5-27-17/h6-8,17,22H,1-5,9H2,(H,23,24). The number of carbonyl (C=O) groups excluding carboxylic acids is 1. The van der Waals surface area contributed by atoms with Crippen LogP contribution < -0.4 is 0 Å². The van der Waals surface area contributed by atoms with E-state index < -0.39 is 5.82 Å². The maximum Gasteiger partial charge on any atom is 0.270 e. The number of halogens is 2. The Morgan fingerprint density at radius 3 is 3.07 bits per heavy atom. The molecule has 27 heavy (non-hydrogen) atoms. The van der Waals surface area contributed by atoms with Crippen LogP contribution in [0.4, 0.5) is 4.39 Å². The lowest BCUT2D eigenvalue weighted by molar-refractivity contribution is 0.0722. The van der Waals surface area contributed by atoms with Crippen LogP contribution in [0.15, 0.2) is 18.2 Å². The summed E-state index contributed by atoms with van der Waals surface area (Å²) in [5.74, 6) is -0.566. The Hall–Kier alpha value is -2.38. The van der Waals surface area contributed by atoms with E-state index in [1.807, 2.05) is 0 Å². The molecular formula is C19H18ClFN4O2. The summed E-state index contributed by atoms with van der Waals surface area (Å²) < 4.78 is 19.3. The lowest BCUT2D eigenvalue weighted by Crippen LogP contribution is -2.36. The molecule has 6 nitrogen and oxygen atoms in total. The van der Waals surface area contributed by atoms with Crippen molar-refractivity contribution < 1.29 is 13.9 Å². The summed E-state index contributed by atoms with van der Waals surface area (Å²) in [7, 11) is 0. The number of aromatic amines is 2. The predicted molar refractivity (Wildman–Crippen MR) is 98.2 cm³/mol. The minimum Gasteiger partial charge on any atom is -0.372 e. The van der Waals surface area contributed by atoms with Crippen molar-refractivity contribution in [2.24, 2.45) is 0 Å². The summed E-state index contributed by atoms with van der Waals surface area (Å²) in [6.45, 7) is 1.83. The minimum atomic E-state index is -0.435. The lowest BCUT2D eigenvalue weighted by Gasteiger charge is -2.27. The SMILES string of the molecule is O=C(c1cc2c(Cl)cc(F)cc2[nH]1)N1CCc2[nH]nc(C3CCCO3)c2C1. The minimum absolute atomic E-state index is 0.00918. The summed E-state index contributed by atoms with van der Waals surface area (Å²) in [6, 6.07) is 4.28. The zero-order valence-electron chi connectivity index (χ0n) is 14.5. The van der Waals surface area contributed by atoms with Crippen molar-refractivity contribution in [3.8, 4) is 0 Å². The number of H-pyrrole nitrogens is 2. The van der Waals surface area contributed by atoms with Crippen molar-refractivity contribution in [1.29, 1.82) is 0 Å². The largest absolute Gasteiger partial charge is 0.372 e. The smallest absolute Gasteiger partial charge is 0.270 e. The van der Waals surface area contributed by atoms with Gasteiger partial charge in [-0.05, 0) is 31.0 Å². The number of hydrogen-bond acceptors (Lipinski definition) is 3. The van der Waals surface area contributed by atoms with Crippen molar-refractivity contribution in [1.82, 2.24) is 20.1 Å². The highest BCUT2D eigenvalue weighted by molar-refractivity contribution is 6.35. The Morgan fingerprint density at radius 2 is 2.26 bits per heavy atom. The fourth-order valence-electron chi connectivity index (χ4n) is 4.00. The quantitative estimate of drug-likeness (QED) is 0.702. The van der Waals surface area contributed by atoms with Gasteiger partial charge in [0.25, 0.3) is 5.91 Å². The molecule has 0 bridgehead atoms. The Bertz CT molecular complexity index is 1040. The summed E-state index contributed by atoms with van der Waals surface area (Å²) in [5.41, 5.74) is 3.97. The first-order valence-corrected chi connectivity index (χ1v) is 9.42. The van der Waals surface area contributed by atoms with Crippen LogP contribution in [0.25, 0.3) is 10.9 Å². The van der Waals surface area contributed by atoms with Crippen molar-refractivity contribution >= 4 is 28.4 Å². The van der Waals surface area contributed by atoms with Crippen molar-refractivity contribution in [3.63, 3.8) is 0 Å². The fraction of sp³-hybridized carbons (Fsp3) is 0.368. The molecule has 2 aliphatic heterocycles. The first kappa shape index (κ1) is 16.8. The van der Waals surface area contributed by atoms with Gasteiger partial charge in [0, 0.05) is 42.8 Å². The van der Waals surface area contributed by atoms with Crippen LogP contribution in [0, 0.1) is 5.82 Å². The molecule has 1 amide bonds. The summed E-state index contributed by atoms with van der Waals surface area (Å²) in [5, 5.41) is 8.48. The number of benzene rings is 1. The highest BCUT2D eigenvalue weighted by Crippen LogP contribution is 2.33. The third-order valence-electron chi connectivity index (χ3n) is 5.37. The van der Waals surface area contributed by atoms with Gasteiger partial charge in [-0.2, -0.15) is 5.10 Å². The molecule has 0 saturated carbocycles. The Balaban J connectivity index is 1.44. The molecule has 1 saturated heterocycles. The molecule has 2 aromatic heterocycles. The van der Waals surface area contributed by atoms with Gasteiger partial charge in [-0.1, -0.05) is 11.6 Å². The van der Waals surface area contributed by atoms with Crippen molar-refractivity contribution in [2.45, 2.75) is 31.9 Å². The highest BCUT2D eigenvalue weighted by Gasteiger charge is 2.31. The number of nitrogens with one attached hydrogen (secondary N) is 2. The second-order valence-electron chi connectivity index (χ2n) is 7.08. The second-order valence-corrected chi connectivity index (χ2v) is 7.48. The summed E-state index contributed by atoms with van der Waals surface area (Å²) in [4.78, 5) is 17.8. The van der Waals surface area contributed by atoms with Gasteiger partial charge < -0.3 is 14.6 Å². The molecule has 3 aromatic rings. The normalized spacial score (nSPS) is 19.6. The van der Waals surface area contributed by atoms with E-state index in [0.29, 0.717) is 29.7 Å². The zero-order valence-corrected chi connectivity index (χ0v) is 15.3. The maximum atomic E-state index is 13.6. The van der Waals surface area contributed by atoms with Gasteiger partial charge in [0.1, 0.15) is 17.6 Å². The molecule has 4 heterocycles. The molecule has 2 aliphatic rings. The first-order valence-electron chi connectivity index (χ1n) is 9.05. The van der Waals surface area contributed by atoms with E-state index in [1.165, 1.54) is 12.1 Å². The van der Waals surface area contributed by atoms with Crippen LogP contribution in [-0.4, -0.2) is 39.1 Å². The van der Waals surface area contributed by atoms with E-state index in [1.54, 1.807) is 11.0 Å². The molecular weight excluding hydrogens is 371 g/mol. The zero-order chi connectivity index (χ0) is 18.5. The van der Waals surface area contributed by atoms with E-state index in [0.717, 1.165) is 42.8 Å². The third-order valence-corrected chi connectivity index (χ3v) is 5.68. The molecule has 140 valence electrons. The van der Waals surface area contributed by atoms with Gasteiger partial charge in [0.2, 0.25) is 0 Å². The van der Waals surface area contributed by atoms with Gasteiger partial charge in [-0.25, -0.2) is 4.39 Å². The van der Waals surface area contributed by atoms with Crippen LogP contribution in [-0.2, 0) is 17.7 Å². The van der Waals surface area contributed by atoms with Gasteiger partial charge in [-0.15, -0.1) is 0 Å². The second kappa shape index (κ2) is 6.35. The maximum absolute atomic E-state index is 13.6. The van der Waals surface area contributed by atoms with Crippen LogP contribution >= 0.6 is 11.6 Å². The third kappa shape index (κ3) is 2.82. The summed E-state index contributed by atoms with van der Waals surface area (Å²) in [6.07, 6.45) is 2.71. The number of hydrogen-bond donors (Lipinski definition) is 2. The molecule has 2 N–H and O–H groups in total. The van der Waals surface area contributed by atoms with Crippen LogP contribution in [0.2, 0.25) is 5.02 Å². The molecule has 0 radical (unpaired) electrons.